The molecular weight excluding hydrogens is 491 g/mol. The fraction of sp³-hybridized carbons (Fsp3) is 0.389. The van der Waals surface area contributed by atoms with Crippen LogP contribution < -0.4 is 20.5 Å². The second-order valence-electron chi connectivity index (χ2n) is 5.85. The topological polar surface area (TPSA) is 100 Å². The van der Waals surface area contributed by atoms with Gasteiger partial charge in [0.25, 0.3) is 0 Å². The monoisotopic (exact) mass is 519 g/mol. The van der Waals surface area contributed by atoms with Crippen LogP contribution in [-0.4, -0.2) is 38.9 Å². The highest BCUT2D eigenvalue weighted by molar-refractivity contribution is 14.1. The van der Waals surface area contributed by atoms with Crippen LogP contribution in [0.5, 0.6) is 11.5 Å². The smallest absolute Gasteiger partial charge is 0.231 e. The van der Waals surface area contributed by atoms with E-state index in [1.54, 1.807) is 4.57 Å². The molecule has 0 bridgehead atoms. The number of hydrogen-bond donors (Lipinski definition) is 2. The van der Waals surface area contributed by atoms with E-state index < -0.39 is 19.7 Å². The van der Waals surface area contributed by atoms with Crippen molar-refractivity contribution in [3.05, 3.63) is 22.0 Å². The summed E-state index contributed by atoms with van der Waals surface area (Å²) in [6.07, 6.45) is 1.62. The first-order valence-corrected chi connectivity index (χ1v) is 10.2. The molecule has 10 heteroatoms. The van der Waals surface area contributed by atoms with Gasteiger partial charge in [0, 0.05) is 27.1 Å². The Hall–Kier alpha value is -1.79. The largest absolute Gasteiger partial charge is 0.454 e. The van der Waals surface area contributed by atoms with Crippen molar-refractivity contribution in [1.82, 2.24) is 24.8 Å². The molecule has 0 unspecified atom stereocenters. The number of nitrogen functional groups attached to an aromatic ring is 1. The van der Waals surface area contributed by atoms with Gasteiger partial charge in [-0.15, -0.1) is 0 Å². The molecule has 3 aromatic rings. The van der Waals surface area contributed by atoms with Crippen molar-refractivity contribution < 1.29 is 19.1 Å². The third-order valence-corrected chi connectivity index (χ3v) is 6.52. The lowest BCUT2D eigenvalue weighted by atomic mass is 10.3. The highest BCUT2D eigenvalue weighted by Gasteiger charge is 2.22. The van der Waals surface area contributed by atoms with E-state index in [2.05, 4.69) is 42.9 Å². The van der Waals surface area contributed by atoms with Crippen LogP contribution in [0.2, 0.25) is 0 Å². The van der Waals surface area contributed by atoms with Crippen LogP contribution in [0.1, 0.15) is 29.7 Å². The summed E-state index contributed by atoms with van der Waals surface area (Å²) >= 11 is 3.54. The molecule has 1 aliphatic rings. The minimum atomic E-state index is -3.04. The van der Waals surface area contributed by atoms with Gasteiger partial charge in [-0.05, 0) is 47.7 Å². The van der Waals surface area contributed by atoms with Crippen LogP contribution in [0.25, 0.3) is 11.2 Å². The van der Waals surface area contributed by atoms with Gasteiger partial charge in [0.15, 0.2) is 33.6 Å². The van der Waals surface area contributed by atoms with E-state index >= 15 is 0 Å². The molecule has 0 amide bonds. The maximum absolute atomic E-state index is 8.09. The number of nitrogens with zero attached hydrogens (tertiary/aromatic N) is 4. The maximum Gasteiger partial charge on any atom is 0.231 e. The number of halogens is 1. The number of benzene rings is 1. The van der Waals surface area contributed by atoms with Gasteiger partial charge in [-0.2, -0.15) is 0 Å². The Labute approximate surface area is 190 Å². The number of aromatic nitrogens is 4. The molecule has 1 aliphatic heterocycles. The minimum Gasteiger partial charge on any atom is -0.454 e. The minimum absolute atomic E-state index is 0.0355. The standard InChI is InChI=1S/C18H21IN6O2S/c1-10(2)21-6-3-7-25-17-14(16(20)22-8-23-17)24-18(25)28-12-5-4-11-15(13(12)19)27-9-26-11/h4-5,8,10,21H,3,6-7,9H2,1-2H3,(H2,20,22,23)/i1D3,2D3,10D. The van der Waals surface area contributed by atoms with E-state index in [0.29, 0.717) is 40.8 Å². The fourth-order valence-electron chi connectivity index (χ4n) is 2.76. The van der Waals surface area contributed by atoms with Crippen LogP contribution in [-0.2, 0) is 6.54 Å². The Bertz CT molecular complexity index is 1240. The molecule has 0 fully saturated rings. The summed E-state index contributed by atoms with van der Waals surface area (Å²) in [6, 6.07) is 0.917. The third kappa shape index (κ3) is 3.85. The molecule has 148 valence electrons. The summed E-state index contributed by atoms with van der Waals surface area (Å²) in [4.78, 5) is 13.8. The fourth-order valence-corrected chi connectivity index (χ4v) is 4.63. The Morgan fingerprint density at radius 1 is 1.43 bits per heavy atom. The molecule has 0 radical (unpaired) electrons. The predicted octanol–water partition coefficient (Wildman–Crippen LogP) is 3.28. The number of fused-ring (bicyclic) bond motifs is 2. The summed E-state index contributed by atoms with van der Waals surface area (Å²) < 4.78 is 66.9. The predicted molar refractivity (Wildman–Crippen MR) is 117 cm³/mol. The highest BCUT2D eigenvalue weighted by atomic mass is 127. The molecule has 0 saturated carbocycles. The van der Waals surface area contributed by atoms with Crippen LogP contribution in [0.15, 0.2) is 28.5 Å². The van der Waals surface area contributed by atoms with E-state index in [4.69, 9.17) is 24.8 Å². The molecule has 3 heterocycles. The van der Waals surface area contributed by atoms with Crippen molar-refractivity contribution in [2.45, 2.75) is 42.7 Å². The van der Waals surface area contributed by atoms with E-state index in [1.807, 2.05) is 12.1 Å². The molecule has 1 aromatic carbocycles. The van der Waals surface area contributed by atoms with Gasteiger partial charge in [0.05, 0.1) is 3.57 Å². The number of rotatable bonds is 7. The van der Waals surface area contributed by atoms with E-state index in [9.17, 15) is 0 Å². The van der Waals surface area contributed by atoms with Crippen LogP contribution in [0, 0.1) is 3.57 Å². The van der Waals surface area contributed by atoms with Crippen molar-refractivity contribution in [2.24, 2.45) is 0 Å². The Kier molecular flexibility index (Phi) is 3.76. The summed E-state index contributed by atoms with van der Waals surface area (Å²) in [7, 11) is 0. The first kappa shape index (κ1) is 12.7. The van der Waals surface area contributed by atoms with Gasteiger partial charge in [-0.25, -0.2) is 15.0 Å². The number of nitrogens with one attached hydrogen (secondary N) is 1. The molecule has 0 aliphatic carbocycles. The SMILES string of the molecule is [2H]C([2H])([2H])C([2H])(NCCCn1c(Sc2ccc3c(c2I)OCO3)nc2c(N)ncnc21)C([2H])([2H])[2H]. The molecule has 2 aromatic heterocycles. The van der Waals surface area contributed by atoms with E-state index in [1.165, 1.54) is 18.1 Å². The Morgan fingerprint density at radius 2 is 2.32 bits per heavy atom. The van der Waals surface area contributed by atoms with Gasteiger partial charge < -0.3 is 25.1 Å². The molecule has 4 rings (SSSR count). The summed E-state index contributed by atoms with van der Waals surface area (Å²) in [5, 5.41) is 2.98. The van der Waals surface area contributed by atoms with Crippen LogP contribution >= 0.6 is 34.4 Å². The normalized spacial score (nSPS) is 18.0. The molecule has 8 nitrogen and oxygen atoms in total. The number of ether oxygens (including phenoxy) is 2. The number of hydrogen-bond acceptors (Lipinski definition) is 8. The van der Waals surface area contributed by atoms with Gasteiger partial charge in [-0.1, -0.05) is 25.5 Å². The summed E-state index contributed by atoms with van der Waals surface area (Å²) in [5.74, 6) is 1.53. The average Bonchev–Trinajstić information content (AvgIpc) is 3.37. The van der Waals surface area contributed by atoms with Crippen molar-refractivity contribution in [1.29, 1.82) is 0 Å². The maximum atomic E-state index is 8.09. The van der Waals surface area contributed by atoms with Gasteiger partial charge >= 0.3 is 0 Å². The van der Waals surface area contributed by atoms with Crippen LogP contribution in [0.3, 0.4) is 0 Å². The van der Waals surface area contributed by atoms with E-state index in [0.717, 1.165) is 8.47 Å². The second-order valence-corrected chi connectivity index (χ2v) is 7.93. The Morgan fingerprint density at radius 3 is 3.18 bits per heavy atom. The van der Waals surface area contributed by atoms with Crippen molar-refractivity contribution in [2.75, 3.05) is 19.1 Å². The van der Waals surface area contributed by atoms with Crippen molar-refractivity contribution in [3.63, 3.8) is 0 Å². The zero-order valence-corrected chi connectivity index (χ0v) is 17.5. The third-order valence-electron chi connectivity index (χ3n) is 4.03. The number of imidazole rings is 1. The lowest BCUT2D eigenvalue weighted by molar-refractivity contribution is 0.173. The highest BCUT2D eigenvalue weighted by Crippen LogP contribution is 2.43. The summed E-state index contributed by atoms with van der Waals surface area (Å²) in [6.45, 7) is -5.66. The number of nitrogens with two attached hydrogens (primary N) is 1. The average molecular weight is 519 g/mol. The number of aryl methyl sites for hydroxylation is 1. The molecule has 3 N–H and O–H groups in total. The molecular formula is C18H21IN6O2S. The lowest BCUT2D eigenvalue weighted by Gasteiger charge is -2.11. The molecule has 0 saturated heterocycles. The molecule has 0 spiro atoms. The van der Waals surface area contributed by atoms with Crippen molar-refractivity contribution in [3.8, 4) is 11.5 Å². The first-order valence-electron chi connectivity index (χ1n) is 11.8. The molecule has 28 heavy (non-hydrogen) atoms. The van der Waals surface area contributed by atoms with Crippen molar-refractivity contribution >= 4 is 51.3 Å². The van der Waals surface area contributed by atoms with E-state index in [-0.39, 0.29) is 19.2 Å². The first-order chi connectivity index (χ1) is 16.3. The number of anilines is 1. The van der Waals surface area contributed by atoms with Gasteiger partial charge in [0.1, 0.15) is 6.33 Å². The Balaban J connectivity index is 1.58. The van der Waals surface area contributed by atoms with Gasteiger partial charge in [-0.3, -0.25) is 0 Å². The zero-order chi connectivity index (χ0) is 25.6. The van der Waals surface area contributed by atoms with Gasteiger partial charge in [0.2, 0.25) is 6.79 Å². The quantitative estimate of drug-likeness (QED) is 0.363. The lowest BCUT2D eigenvalue weighted by Crippen LogP contribution is -2.24. The van der Waals surface area contributed by atoms with Crippen LogP contribution in [0.4, 0.5) is 5.82 Å². The summed E-state index contributed by atoms with van der Waals surface area (Å²) in [5.41, 5.74) is 6.91. The second kappa shape index (κ2) is 8.29. The zero-order valence-electron chi connectivity index (χ0n) is 21.5. The molecule has 0 atom stereocenters.